The Morgan fingerprint density at radius 2 is 2.13 bits per heavy atom. The van der Waals surface area contributed by atoms with E-state index in [4.69, 9.17) is 16.0 Å². The van der Waals surface area contributed by atoms with E-state index in [0.29, 0.717) is 24.9 Å². The van der Waals surface area contributed by atoms with Gasteiger partial charge in [-0.1, -0.05) is 17.7 Å². The molecule has 0 unspecified atom stereocenters. The van der Waals surface area contributed by atoms with Crippen molar-refractivity contribution in [1.82, 2.24) is 15.6 Å². The zero-order valence-corrected chi connectivity index (χ0v) is 14.2. The lowest BCUT2D eigenvalue weighted by atomic mass is 10.2. The predicted molar refractivity (Wildman–Crippen MR) is 89.0 cm³/mol. The number of aliphatic imine (C=N–C) groups is 1. The highest BCUT2D eigenvalue weighted by Crippen LogP contribution is 2.16. The van der Waals surface area contributed by atoms with Crippen molar-refractivity contribution in [1.29, 1.82) is 0 Å². The Balaban J connectivity index is 2.00. The largest absolute Gasteiger partial charge is 0.444 e. The van der Waals surface area contributed by atoms with Crippen molar-refractivity contribution in [3.63, 3.8) is 0 Å². The Bertz CT molecular complexity index is 680. The second kappa shape index (κ2) is 7.97. The van der Waals surface area contributed by atoms with Crippen LogP contribution in [0.4, 0.5) is 4.39 Å². The fraction of sp³-hybridized carbons (Fsp3) is 0.375. The number of aromatic nitrogens is 1. The molecule has 0 spiro atoms. The van der Waals surface area contributed by atoms with Crippen LogP contribution in [-0.2, 0) is 13.1 Å². The number of hydrogen-bond acceptors (Lipinski definition) is 3. The average molecular weight is 339 g/mol. The molecule has 2 N–H and O–H groups in total. The average Bonchev–Trinajstić information content (AvgIpc) is 2.84. The van der Waals surface area contributed by atoms with Gasteiger partial charge in [0, 0.05) is 6.54 Å². The van der Waals surface area contributed by atoms with E-state index in [1.54, 1.807) is 12.1 Å². The third-order valence-electron chi connectivity index (χ3n) is 3.23. The monoisotopic (exact) mass is 338 g/mol. The van der Waals surface area contributed by atoms with E-state index in [1.165, 1.54) is 6.07 Å². The number of oxazole rings is 1. The van der Waals surface area contributed by atoms with Gasteiger partial charge in [0.2, 0.25) is 5.89 Å². The Morgan fingerprint density at radius 1 is 1.35 bits per heavy atom. The van der Waals surface area contributed by atoms with Gasteiger partial charge in [-0.15, -0.1) is 0 Å². The van der Waals surface area contributed by atoms with Gasteiger partial charge in [-0.2, -0.15) is 0 Å². The van der Waals surface area contributed by atoms with Crippen molar-refractivity contribution < 1.29 is 8.81 Å². The van der Waals surface area contributed by atoms with E-state index in [9.17, 15) is 4.39 Å². The van der Waals surface area contributed by atoms with Crippen LogP contribution in [0, 0.1) is 19.7 Å². The molecular formula is C16H20ClFN4O. The molecule has 2 aromatic rings. The van der Waals surface area contributed by atoms with Crippen LogP contribution >= 0.6 is 11.6 Å². The number of hydrogen-bond donors (Lipinski definition) is 2. The number of nitrogens with one attached hydrogen (secondary N) is 2. The van der Waals surface area contributed by atoms with E-state index in [-0.39, 0.29) is 5.02 Å². The second-order valence-corrected chi connectivity index (χ2v) is 5.45. The van der Waals surface area contributed by atoms with Crippen molar-refractivity contribution in [2.45, 2.75) is 33.9 Å². The van der Waals surface area contributed by atoms with Gasteiger partial charge in [-0.3, -0.25) is 0 Å². The van der Waals surface area contributed by atoms with Crippen molar-refractivity contribution in [2.24, 2.45) is 4.99 Å². The Morgan fingerprint density at radius 3 is 2.74 bits per heavy atom. The molecule has 1 aromatic heterocycles. The van der Waals surface area contributed by atoms with Gasteiger partial charge in [0.1, 0.15) is 11.6 Å². The van der Waals surface area contributed by atoms with E-state index in [1.807, 2.05) is 20.8 Å². The van der Waals surface area contributed by atoms with Crippen LogP contribution in [0.15, 0.2) is 27.6 Å². The van der Waals surface area contributed by atoms with Crippen LogP contribution in [0.3, 0.4) is 0 Å². The molecule has 0 amide bonds. The van der Waals surface area contributed by atoms with Crippen molar-refractivity contribution >= 4 is 17.6 Å². The zero-order chi connectivity index (χ0) is 16.8. The number of nitrogens with zero attached hydrogens (tertiary/aromatic N) is 2. The third kappa shape index (κ3) is 4.96. The molecule has 0 aliphatic rings. The second-order valence-electron chi connectivity index (χ2n) is 5.05. The summed E-state index contributed by atoms with van der Waals surface area (Å²) in [7, 11) is 0. The first-order chi connectivity index (χ1) is 11.0. The first-order valence-corrected chi connectivity index (χ1v) is 7.76. The molecule has 0 saturated carbocycles. The van der Waals surface area contributed by atoms with Crippen LogP contribution in [-0.4, -0.2) is 17.5 Å². The molecular weight excluding hydrogens is 319 g/mol. The normalized spacial score (nSPS) is 11.6. The molecule has 0 aliphatic carbocycles. The Hall–Kier alpha value is -2.08. The first-order valence-electron chi connectivity index (χ1n) is 7.38. The highest BCUT2D eigenvalue weighted by molar-refractivity contribution is 6.30. The summed E-state index contributed by atoms with van der Waals surface area (Å²) in [6.07, 6.45) is 0. The molecule has 5 nitrogen and oxygen atoms in total. The topological polar surface area (TPSA) is 62.5 Å². The van der Waals surface area contributed by atoms with Crippen LogP contribution in [0.1, 0.15) is 29.8 Å². The van der Waals surface area contributed by atoms with Crippen LogP contribution in [0.2, 0.25) is 5.02 Å². The van der Waals surface area contributed by atoms with E-state index in [0.717, 1.165) is 23.6 Å². The first kappa shape index (κ1) is 17.3. The maximum Gasteiger partial charge on any atom is 0.214 e. The number of benzene rings is 1. The van der Waals surface area contributed by atoms with Crippen LogP contribution in [0.5, 0.6) is 0 Å². The molecule has 1 aromatic carbocycles. The van der Waals surface area contributed by atoms with Crippen molar-refractivity contribution in [2.75, 3.05) is 6.54 Å². The molecule has 1 heterocycles. The predicted octanol–water partition coefficient (Wildman–Crippen LogP) is 3.34. The number of aryl methyl sites for hydroxylation is 2. The fourth-order valence-electron chi connectivity index (χ4n) is 1.92. The zero-order valence-electron chi connectivity index (χ0n) is 13.4. The maximum atomic E-state index is 13.2. The summed E-state index contributed by atoms with van der Waals surface area (Å²) >= 11 is 5.77. The lowest BCUT2D eigenvalue weighted by Crippen LogP contribution is -2.36. The van der Waals surface area contributed by atoms with Crippen LogP contribution < -0.4 is 10.6 Å². The molecule has 0 fully saturated rings. The van der Waals surface area contributed by atoms with Gasteiger partial charge in [0.25, 0.3) is 0 Å². The number of halogens is 2. The quantitative estimate of drug-likeness (QED) is 0.648. The lowest BCUT2D eigenvalue weighted by Gasteiger charge is -2.10. The smallest absolute Gasteiger partial charge is 0.214 e. The van der Waals surface area contributed by atoms with Crippen LogP contribution in [0.25, 0.3) is 0 Å². The van der Waals surface area contributed by atoms with Gasteiger partial charge in [-0.25, -0.2) is 14.4 Å². The van der Waals surface area contributed by atoms with Gasteiger partial charge < -0.3 is 15.1 Å². The van der Waals surface area contributed by atoms with E-state index < -0.39 is 5.82 Å². The Kier molecular flexibility index (Phi) is 5.98. The molecule has 0 aliphatic heterocycles. The third-order valence-corrected chi connectivity index (χ3v) is 3.52. The minimum Gasteiger partial charge on any atom is -0.444 e. The van der Waals surface area contributed by atoms with Crippen molar-refractivity contribution in [3.05, 3.63) is 51.9 Å². The maximum absolute atomic E-state index is 13.2. The number of rotatable bonds is 5. The number of guanidine groups is 1. The molecule has 23 heavy (non-hydrogen) atoms. The van der Waals surface area contributed by atoms with E-state index in [2.05, 4.69) is 20.6 Å². The molecule has 0 radical (unpaired) electrons. The molecule has 7 heteroatoms. The fourth-order valence-corrected chi connectivity index (χ4v) is 2.13. The standard InChI is InChI=1S/C16H20ClFN4O/c1-4-19-16(21-9-15-22-10(2)11(3)23-15)20-8-12-5-6-14(18)13(17)7-12/h5-7H,4,8-9H2,1-3H3,(H2,19,20,21). The summed E-state index contributed by atoms with van der Waals surface area (Å²) in [6, 6.07) is 4.58. The van der Waals surface area contributed by atoms with E-state index >= 15 is 0 Å². The summed E-state index contributed by atoms with van der Waals surface area (Å²) in [6.45, 7) is 7.30. The summed E-state index contributed by atoms with van der Waals surface area (Å²) in [5, 5.41) is 6.38. The summed E-state index contributed by atoms with van der Waals surface area (Å²) in [5.41, 5.74) is 1.71. The molecule has 124 valence electrons. The van der Waals surface area contributed by atoms with Gasteiger partial charge in [0.05, 0.1) is 23.8 Å². The molecule has 2 rings (SSSR count). The summed E-state index contributed by atoms with van der Waals surface area (Å²) < 4.78 is 18.7. The minimum atomic E-state index is -0.431. The highest BCUT2D eigenvalue weighted by atomic mass is 35.5. The SMILES string of the molecule is CCNC(=NCc1ccc(F)c(Cl)c1)NCc1nc(C)c(C)o1. The summed E-state index contributed by atoms with van der Waals surface area (Å²) in [4.78, 5) is 8.75. The van der Waals surface area contributed by atoms with Crippen molar-refractivity contribution in [3.8, 4) is 0 Å². The Labute approximate surface area is 140 Å². The molecule has 0 saturated heterocycles. The minimum absolute atomic E-state index is 0.0985. The molecule has 0 atom stereocenters. The van der Waals surface area contributed by atoms with Gasteiger partial charge in [0.15, 0.2) is 5.96 Å². The summed E-state index contributed by atoms with van der Waals surface area (Å²) in [5.74, 6) is 1.61. The van der Waals surface area contributed by atoms with Gasteiger partial charge in [-0.05, 0) is 38.5 Å². The molecule has 0 bridgehead atoms. The highest BCUT2D eigenvalue weighted by Gasteiger charge is 2.06. The lowest BCUT2D eigenvalue weighted by molar-refractivity contribution is 0.463. The van der Waals surface area contributed by atoms with Gasteiger partial charge >= 0.3 is 0 Å².